The zero-order chi connectivity index (χ0) is 28.8. The van der Waals surface area contributed by atoms with Crippen LogP contribution in [0, 0.1) is 13.8 Å². The number of aromatic nitrogens is 3. The number of aliphatic hydroxyl groups is 1. The molecular formula is C31H28N4O5S. The minimum Gasteiger partial charge on any atom is -0.505 e. The van der Waals surface area contributed by atoms with Gasteiger partial charge in [-0.25, -0.2) is 9.97 Å². The molecule has 1 atom stereocenters. The molecule has 0 aliphatic carbocycles. The maximum atomic E-state index is 13.7. The molecule has 1 amide bonds. The molecule has 0 radical (unpaired) electrons. The summed E-state index contributed by atoms with van der Waals surface area (Å²) in [5.41, 5.74) is 3.69. The Balaban J connectivity index is 1.57. The van der Waals surface area contributed by atoms with Crippen LogP contribution in [0.2, 0.25) is 0 Å². The van der Waals surface area contributed by atoms with E-state index in [1.165, 1.54) is 16.2 Å². The topological polar surface area (TPSA) is 106 Å². The molecule has 0 saturated carbocycles. The van der Waals surface area contributed by atoms with Gasteiger partial charge in [0.1, 0.15) is 22.8 Å². The number of anilines is 1. The molecule has 5 aromatic rings. The second-order valence-corrected chi connectivity index (χ2v) is 10.7. The van der Waals surface area contributed by atoms with Gasteiger partial charge in [-0.1, -0.05) is 29.5 Å². The molecule has 0 spiro atoms. The van der Waals surface area contributed by atoms with Crippen LogP contribution in [0.4, 0.5) is 5.13 Å². The smallest absolute Gasteiger partial charge is 0.301 e. The highest BCUT2D eigenvalue weighted by molar-refractivity contribution is 7.22. The number of hydrogen-bond acceptors (Lipinski definition) is 8. The number of ketones is 1. The van der Waals surface area contributed by atoms with Crippen LogP contribution in [0.3, 0.4) is 0 Å². The number of carbonyl (C=O) groups excluding carboxylic acids is 2. The maximum absolute atomic E-state index is 13.7. The van der Waals surface area contributed by atoms with Crippen LogP contribution in [0.25, 0.3) is 21.6 Å². The number of rotatable bonds is 7. The summed E-state index contributed by atoms with van der Waals surface area (Å²) in [5.74, 6) is -0.647. The van der Waals surface area contributed by atoms with E-state index in [2.05, 4.69) is 4.98 Å². The normalized spacial score (nSPS) is 16.7. The second kappa shape index (κ2) is 10.4. The minimum absolute atomic E-state index is 0.0536. The Morgan fingerprint density at radius 3 is 2.46 bits per heavy atom. The molecule has 2 aromatic carbocycles. The van der Waals surface area contributed by atoms with E-state index in [0.717, 1.165) is 10.3 Å². The molecule has 3 aromatic heterocycles. The number of benzene rings is 2. The van der Waals surface area contributed by atoms with Crippen molar-refractivity contribution in [1.29, 1.82) is 0 Å². The van der Waals surface area contributed by atoms with Crippen LogP contribution in [0.5, 0.6) is 11.5 Å². The SMILES string of the molecule is CCOc1cccc(C2/C(=C(\O)c3nc4c(C)cccn4c3C)C(=O)C(=O)N2c2nc3ccc(OCC)cc3s2)c1. The van der Waals surface area contributed by atoms with Crippen LogP contribution in [-0.4, -0.2) is 44.4 Å². The predicted molar refractivity (Wildman–Crippen MR) is 158 cm³/mol. The number of nitrogens with zero attached hydrogens (tertiary/aromatic N) is 4. The summed E-state index contributed by atoms with van der Waals surface area (Å²) in [6, 6.07) is 15.6. The van der Waals surface area contributed by atoms with E-state index in [4.69, 9.17) is 14.5 Å². The first-order valence-corrected chi connectivity index (χ1v) is 14.2. The van der Waals surface area contributed by atoms with Crippen LogP contribution >= 0.6 is 11.3 Å². The summed E-state index contributed by atoms with van der Waals surface area (Å²) < 4.78 is 14.0. The number of amides is 1. The Bertz CT molecular complexity index is 1870. The predicted octanol–water partition coefficient (Wildman–Crippen LogP) is 5.98. The summed E-state index contributed by atoms with van der Waals surface area (Å²) in [4.78, 5) is 38.2. The van der Waals surface area contributed by atoms with Gasteiger partial charge >= 0.3 is 5.91 Å². The van der Waals surface area contributed by atoms with Crippen LogP contribution in [-0.2, 0) is 9.59 Å². The third-order valence-electron chi connectivity index (χ3n) is 7.10. The number of carbonyl (C=O) groups is 2. The summed E-state index contributed by atoms with van der Waals surface area (Å²) >= 11 is 1.28. The van der Waals surface area contributed by atoms with E-state index in [9.17, 15) is 14.7 Å². The lowest BCUT2D eigenvalue weighted by Crippen LogP contribution is -2.29. The summed E-state index contributed by atoms with van der Waals surface area (Å²) in [7, 11) is 0. The Morgan fingerprint density at radius 1 is 0.976 bits per heavy atom. The largest absolute Gasteiger partial charge is 0.505 e. The number of thiazole rings is 1. The molecule has 6 rings (SSSR count). The molecule has 1 aliphatic rings. The van der Waals surface area contributed by atoms with Gasteiger partial charge in [0.05, 0.1) is 40.7 Å². The van der Waals surface area contributed by atoms with E-state index >= 15 is 0 Å². The second-order valence-electron chi connectivity index (χ2n) is 9.66. The minimum atomic E-state index is -0.951. The Hall–Kier alpha value is -4.70. The summed E-state index contributed by atoms with van der Waals surface area (Å²) in [5, 5.41) is 12.1. The molecular weight excluding hydrogens is 540 g/mol. The van der Waals surface area contributed by atoms with Crippen molar-refractivity contribution in [2.24, 2.45) is 0 Å². The number of aryl methyl sites for hydroxylation is 2. The molecule has 1 unspecified atom stereocenters. The van der Waals surface area contributed by atoms with Gasteiger partial charge < -0.3 is 19.0 Å². The van der Waals surface area contributed by atoms with Crippen molar-refractivity contribution in [3.63, 3.8) is 0 Å². The Morgan fingerprint density at radius 2 is 1.73 bits per heavy atom. The van der Waals surface area contributed by atoms with Gasteiger partial charge in [-0.15, -0.1) is 0 Å². The zero-order valence-corrected chi connectivity index (χ0v) is 23.9. The van der Waals surface area contributed by atoms with E-state index < -0.39 is 17.7 Å². The molecule has 4 heterocycles. The van der Waals surface area contributed by atoms with Gasteiger partial charge in [-0.05, 0) is 75.2 Å². The standard InChI is InChI=1S/C31H28N4O5S/c1-5-39-20-11-7-10-19(15-20)26-24(27(36)25-18(4)34-14-8-9-17(3)29(34)33-25)28(37)30(38)35(26)31-32-22-13-12-21(40-6-2)16-23(22)41-31/h7-16,26,36H,5-6H2,1-4H3/b27-24+. The zero-order valence-electron chi connectivity index (χ0n) is 23.0. The van der Waals surface area contributed by atoms with E-state index in [0.29, 0.717) is 52.3 Å². The van der Waals surface area contributed by atoms with Gasteiger partial charge in [0.2, 0.25) is 0 Å². The quantitative estimate of drug-likeness (QED) is 0.146. The number of imidazole rings is 1. The molecule has 41 heavy (non-hydrogen) atoms. The molecule has 1 N–H and O–H groups in total. The van der Waals surface area contributed by atoms with Gasteiger partial charge in [0.15, 0.2) is 10.9 Å². The number of fused-ring (bicyclic) bond motifs is 2. The van der Waals surface area contributed by atoms with Crippen LogP contribution in [0.15, 0.2) is 66.4 Å². The Labute approximate surface area is 240 Å². The first kappa shape index (κ1) is 26.5. The van der Waals surface area contributed by atoms with E-state index in [1.54, 1.807) is 24.3 Å². The first-order valence-electron chi connectivity index (χ1n) is 13.3. The first-order chi connectivity index (χ1) is 19.8. The molecule has 1 saturated heterocycles. The summed E-state index contributed by atoms with van der Waals surface area (Å²) in [6.45, 7) is 8.49. The molecule has 0 bridgehead atoms. The summed E-state index contributed by atoms with van der Waals surface area (Å²) in [6.07, 6.45) is 1.85. The molecule has 1 aliphatic heterocycles. The lowest BCUT2D eigenvalue weighted by molar-refractivity contribution is -0.132. The van der Waals surface area contributed by atoms with Crippen molar-refractivity contribution >= 4 is 49.8 Å². The van der Waals surface area contributed by atoms with E-state index in [-0.39, 0.29) is 17.0 Å². The number of hydrogen-bond donors (Lipinski definition) is 1. The fraction of sp³-hybridized carbons (Fsp3) is 0.226. The third kappa shape index (κ3) is 4.40. The van der Waals surface area contributed by atoms with Crippen LogP contribution in [0.1, 0.15) is 42.4 Å². The van der Waals surface area contributed by atoms with Gasteiger partial charge in [0, 0.05) is 6.20 Å². The lowest BCUT2D eigenvalue weighted by Gasteiger charge is -2.23. The highest BCUT2D eigenvalue weighted by atomic mass is 32.1. The number of pyridine rings is 1. The van der Waals surface area contributed by atoms with Crippen molar-refractivity contribution in [2.75, 3.05) is 18.1 Å². The molecule has 1 fully saturated rings. The maximum Gasteiger partial charge on any atom is 0.301 e. The number of Topliss-reactive ketones (excluding diaryl/α,β-unsaturated/α-hetero) is 1. The van der Waals surface area contributed by atoms with Gasteiger partial charge in [0.25, 0.3) is 5.78 Å². The highest BCUT2D eigenvalue weighted by Crippen LogP contribution is 2.45. The van der Waals surface area contributed by atoms with Crippen molar-refractivity contribution < 1.29 is 24.2 Å². The average molecular weight is 569 g/mol. The van der Waals surface area contributed by atoms with Crippen molar-refractivity contribution in [1.82, 2.24) is 14.4 Å². The molecule has 208 valence electrons. The average Bonchev–Trinajstić information content (AvgIpc) is 3.61. The van der Waals surface area contributed by atoms with Crippen molar-refractivity contribution in [3.05, 3.63) is 88.9 Å². The van der Waals surface area contributed by atoms with E-state index in [1.807, 2.05) is 68.6 Å². The molecule has 9 nitrogen and oxygen atoms in total. The number of ether oxygens (including phenoxy) is 2. The van der Waals surface area contributed by atoms with Gasteiger partial charge in [-0.3, -0.25) is 14.5 Å². The highest BCUT2D eigenvalue weighted by Gasteiger charge is 2.48. The van der Waals surface area contributed by atoms with Gasteiger partial charge in [-0.2, -0.15) is 0 Å². The fourth-order valence-corrected chi connectivity index (χ4v) is 6.23. The van der Waals surface area contributed by atoms with Crippen LogP contribution < -0.4 is 14.4 Å². The van der Waals surface area contributed by atoms with Crippen molar-refractivity contribution in [2.45, 2.75) is 33.7 Å². The molecule has 10 heteroatoms. The Kier molecular flexibility index (Phi) is 6.70. The lowest BCUT2D eigenvalue weighted by atomic mass is 9.96. The van der Waals surface area contributed by atoms with Crippen molar-refractivity contribution in [3.8, 4) is 11.5 Å². The fourth-order valence-electron chi connectivity index (χ4n) is 5.21. The third-order valence-corrected chi connectivity index (χ3v) is 8.12. The number of aliphatic hydroxyl groups excluding tert-OH is 1. The monoisotopic (exact) mass is 568 g/mol.